The number of amides is 1. The highest BCUT2D eigenvalue weighted by Crippen LogP contribution is 2.39. The van der Waals surface area contributed by atoms with Gasteiger partial charge in [0.15, 0.2) is 0 Å². The molecule has 0 aliphatic carbocycles. The van der Waals surface area contributed by atoms with E-state index in [-0.39, 0.29) is 11.3 Å². The molecule has 1 fully saturated rings. The van der Waals surface area contributed by atoms with E-state index in [1.165, 1.54) is 5.56 Å². The number of likely N-dealkylation sites (N-methyl/N-ethyl adjacent to an activating group) is 1. The minimum absolute atomic E-state index is 0.112. The molecule has 1 atom stereocenters. The van der Waals surface area contributed by atoms with Crippen molar-refractivity contribution < 1.29 is 19.4 Å². The molecule has 6 heteroatoms. The Morgan fingerprint density at radius 2 is 1.68 bits per heavy atom. The average Bonchev–Trinajstić information content (AvgIpc) is 3.15. The van der Waals surface area contributed by atoms with Crippen LogP contribution in [0.4, 0.5) is 0 Å². The van der Waals surface area contributed by atoms with Gasteiger partial charge in [-0.2, -0.15) is 0 Å². The lowest BCUT2D eigenvalue weighted by Crippen LogP contribution is -2.35. The lowest BCUT2D eigenvalue weighted by molar-refractivity contribution is -0.140. The molecule has 1 heterocycles. The van der Waals surface area contributed by atoms with Crippen LogP contribution in [-0.2, 0) is 22.6 Å². The summed E-state index contributed by atoms with van der Waals surface area (Å²) in [4.78, 5) is 29.8. The number of Topliss-reactive ketones (excluding diaryl/α,β-unsaturated/α-hetero) is 1. The van der Waals surface area contributed by atoms with Crippen LogP contribution < -0.4 is 4.74 Å². The Morgan fingerprint density at radius 1 is 0.973 bits per heavy atom. The Balaban J connectivity index is 1.64. The molecule has 0 saturated carbocycles. The molecule has 0 spiro atoms. The summed E-state index contributed by atoms with van der Waals surface area (Å²) in [6.45, 7) is 5.52. The Hall–Kier alpha value is -3.90. The molecule has 192 valence electrons. The largest absolute Gasteiger partial charge is 0.507 e. The van der Waals surface area contributed by atoms with Gasteiger partial charge in [-0.1, -0.05) is 61.0 Å². The van der Waals surface area contributed by atoms with E-state index in [1.54, 1.807) is 29.2 Å². The summed E-state index contributed by atoms with van der Waals surface area (Å²) in [6, 6.07) is 22.3. The van der Waals surface area contributed by atoms with Gasteiger partial charge in [0, 0.05) is 18.7 Å². The number of aryl methyl sites for hydroxylation is 2. The monoisotopic (exact) mass is 498 g/mol. The van der Waals surface area contributed by atoms with Crippen molar-refractivity contribution in [1.82, 2.24) is 9.80 Å². The van der Waals surface area contributed by atoms with Crippen molar-refractivity contribution >= 4 is 17.4 Å². The predicted molar refractivity (Wildman–Crippen MR) is 145 cm³/mol. The summed E-state index contributed by atoms with van der Waals surface area (Å²) in [5.41, 5.74) is 4.77. The van der Waals surface area contributed by atoms with E-state index in [9.17, 15) is 14.7 Å². The van der Waals surface area contributed by atoms with Gasteiger partial charge < -0.3 is 19.6 Å². The second-order valence-corrected chi connectivity index (χ2v) is 9.69. The van der Waals surface area contributed by atoms with E-state index in [1.807, 2.05) is 68.4 Å². The quantitative estimate of drug-likeness (QED) is 0.252. The van der Waals surface area contributed by atoms with Gasteiger partial charge in [0.2, 0.25) is 0 Å². The predicted octanol–water partition coefficient (Wildman–Crippen LogP) is 5.12. The average molecular weight is 499 g/mol. The van der Waals surface area contributed by atoms with Crippen molar-refractivity contribution in [3.8, 4) is 5.75 Å². The minimum atomic E-state index is -0.666. The summed E-state index contributed by atoms with van der Waals surface area (Å²) in [6.07, 6.45) is 0.888. The Morgan fingerprint density at radius 3 is 2.30 bits per heavy atom. The van der Waals surface area contributed by atoms with Crippen molar-refractivity contribution in [3.05, 3.63) is 106 Å². The number of nitrogens with zero attached hydrogens (tertiary/aromatic N) is 2. The smallest absolute Gasteiger partial charge is 0.295 e. The zero-order valence-corrected chi connectivity index (χ0v) is 21.9. The van der Waals surface area contributed by atoms with Gasteiger partial charge in [0.25, 0.3) is 11.7 Å². The molecular formula is C31H34N2O4. The van der Waals surface area contributed by atoms with Crippen molar-refractivity contribution in [2.24, 2.45) is 0 Å². The van der Waals surface area contributed by atoms with Crippen LogP contribution in [0.3, 0.4) is 0 Å². The first-order valence-electron chi connectivity index (χ1n) is 12.6. The lowest BCUT2D eigenvalue weighted by Gasteiger charge is -2.26. The van der Waals surface area contributed by atoms with Crippen LogP contribution in [0.2, 0.25) is 0 Å². The number of hydrogen-bond donors (Lipinski definition) is 1. The number of carbonyl (C=O) groups is 2. The normalized spacial score (nSPS) is 17.0. The summed E-state index contributed by atoms with van der Waals surface area (Å²) < 4.78 is 5.90. The molecule has 1 aliphatic heterocycles. The van der Waals surface area contributed by atoms with Crippen LogP contribution in [-0.4, -0.2) is 53.8 Å². The molecule has 0 radical (unpaired) electrons. The minimum Gasteiger partial charge on any atom is -0.507 e. The molecule has 3 aromatic carbocycles. The van der Waals surface area contributed by atoms with Crippen LogP contribution in [0.1, 0.15) is 40.8 Å². The molecule has 1 N–H and O–H groups in total. The fraction of sp³-hybridized carbons (Fsp3) is 0.290. The van der Waals surface area contributed by atoms with Crippen LogP contribution >= 0.6 is 0 Å². The number of ether oxygens (including phenoxy) is 1. The molecule has 1 saturated heterocycles. The molecule has 0 bridgehead atoms. The van der Waals surface area contributed by atoms with E-state index in [0.29, 0.717) is 31.0 Å². The summed E-state index contributed by atoms with van der Waals surface area (Å²) in [7, 11) is 3.84. The summed E-state index contributed by atoms with van der Waals surface area (Å²) in [5, 5.41) is 11.3. The molecule has 1 amide bonds. The third kappa shape index (κ3) is 5.92. The van der Waals surface area contributed by atoms with Gasteiger partial charge in [-0.3, -0.25) is 9.59 Å². The fourth-order valence-corrected chi connectivity index (χ4v) is 4.53. The van der Waals surface area contributed by atoms with Crippen molar-refractivity contribution in [2.45, 2.75) is 32.9 Å². The highest BCUT2D eigenvalue weighted by atomic mass is 16.5. The second kappa shape index (κ2) is 11.4. The van der Waals surface area contributed by atoms with Gasteiger partial charge in [-0.05, 0) is 68.4 Å². The summed E-state index contributed by atoms with van der Waals surface area (Å²) in [5.74, 6) is -0.789. The first-order chi connectivity index (χ1) is 17.8. The molecule has 37 heavy (non-hydrogen) atoms. The third-order valence-corrected chi connectivity index (χ3v) is 6.65. The number of ketones is 1. The Labute approximate surface area is 218 Å². The van der Waals surface area contributed by atoms with Crippen LogP contribution in [0.15, 0.2) is 78.4 Å². The lowest BCUT2D eigenvalue weighted by atomic mass is 9.94. The van der Waals surface area contributed by atoms with Crippen LogP contribution in [0.5, 0.6) is 5.75 Å². The van der Waals surface area contributed by atoms with Gasteiger partial charge in [0.1, 0.15) is 18.1 Å². The first kappa shape index (κ1) is 26.2. The topological polar surface area (TPSA) is 70.1 Å². The number of likely N-dealkylation sites (tertiary alicyclic amines) is 1. The molecule has 3 aromatic rings. The maximum Gasteiger partial charge on any atom is 0.295 e. The zero-order valence-electron chi connectivity index (χ0n) is 21.9. The number of rotatable bonds is 9. The van der Waals surface area contributed by atoms with Crippen molar-refractivity contribution in [2.75, 3.05) is 27.2 Å². The number of carbonyl (C=O) groups excluding carboxylic acids is 2. The summed E-state index contributed by atoms with van der Waals surface area (Å²) >= 11 is 0. The number of aliphatic hydroxyl groups excluding tert-OH is 1. The highest BCUT2D eigenvalue weighted by Gasteiger charge is 2.45. The van der Waals surface area contributed by atoms with E-state index in [0.717, 1.165) is 23.1 Å². The number of aliphatic hydroxyl groups is 1. The maximum atomic E-state index is 13.2. The fourth-order valence-electron chi connectivity index (χ4n) is 4.53. The standard InChI is InChI=1S/C31H34N2O4/c1-5-22-9-11-24(12-10-22)28-27(30(35)31(36)33(28)18-17-32(3)4)29(34)25-13-15-26(16-14-25)37-20-23-8-6-7-21(2)19-23/h6-16,19,28,34H,5,17-18,20H2,1-4H3/t28-/m1/s1. The van der Waals surface area contributed by atoms with Crippen molar-refractivity contribution in [1.29, 1.82) is 0 Å². The van der Waals surface area contributed by atoms with E-state index in [2.05, 4.69) is 13.0 Å². The van der Waals surface area contributed by atoms with Gasteiger partial charge in [0.05, 0.1) is 11.6 Å². The molecule has 6 nitrogen and oxygen atoms in total. The number of hydrogen-bond acceptors (Lipinski definition) is 5. The van der Waals surface area contributed by atoms with Crippen LogP contribution in [0, 0.1) is 6.92 Å². The second-order valence-electron chi connectivity index (χ2n) is 9.69. The molecular weight excluding hydrogens is 464 g/mol. The van der Waals surface area contributed by atoms with Crippen LogP contribution in [0.25, 0.3) is 5.76 Å². The zero-order chi connectivity index (χ0) is 26.5. The van der Waals surface area contributed by atoms with Gasteiger partial charge in [-0.15, -0.1) is 0 Å². The van der Waals surface area contributed by atoms with Gasteiger partial charge >= 0.3 is 0 Å². The highest BCUT2D eigenvalue weighted by molar-refractivity contribution is 6.46. The third-order valence-electron chi connectivity index (χ3n) is 6.65. The Bertz CT molecular complexity index is 1290. The molecule has 0 unspecified atom stereocenters. The molecule has 1 aliphatic rings. The van der Waals surface area contributed by atoms with E-state index >= 15 is 0 Å². The molecule has 0 aromatic heterocycles. The Kier molecular flexibility index (Phi) is 8.09. The van der Waals surface area contributed by atoms with Gasteiger partial charge in [-0.25, -0.2) is 0 Å². The SMILES string of the molecule is CCc1ccc([C@@H]2C(=C(O)c3ccc(OCc4cccc(C)c4)cc3)C(=O)C(=O)N2CCN(C)C)cc1. The van der Waals surface area contributed by atoms with Crippen molar-refractivity contribution in [3.63, 3.8) is 0 Å². The van der Waals surface area contributed by atoms with E-state index in [4.69, 9.17) is 4.74 Å². The van der Waals surface area contributed by atoms with E-state index < -0.39 is 17.7 Å². The number of benzene rings is 3. The molecule has 4 rings (SSSR count). The maximum absolute atomic E-state index is 13.2. The first-order valence-corrected chi connectivity index (χ1v) is 12.6.